The summed E-state index contributed by atoms with van der Waals surface area (Å²) < 4.78 is 25.0. The largest absolute Gasteiger partial charge is 0.473 e. The maximum atomic E-state index is 12.8. The number of halogens is 1. The molecule has 9 nitrogen and oxygen atoms in total. The van der Waals surface area contributed by atoms with E-state index >= 15 is 0 Å². The third-order valence-electron chi connectivity index (χ3n) is 6.11. The summed E-state index contributed by atoms with van der Waals surface area (Å²) in [5.41, 5.74) is 6.87. The first-order valence-corrected chi connectivity index (χ1v) is 12.6. The number of aromatic nitrogens is 2. The highest BCUT2D eigenvalue weighted by Gasteiger charge is 2.23. The quantitative estimate of drug-likeness (QED) is 0.386. The maximum absolute atomic E-state index is 12.8. The van der Waals surface area contributed by atoms with Gasteiger partial charge in [0.2, 0.25) is 5.88 Å². The van der Waals surface area contributed by atoms with Crippen LogP contribution in [0.4, 0.5) is 15.0 Å². The van der Waals surface area contributed by atoms with Gasteiger partial charge in [-0.25, -0.2) is 13.9 Å². The zero-order chi connectivity index (χ0) is 27.7. The lowest BCUT2D eigenvalue weighted by Gasteiger charge is -2.16. The Morgan fingerprint density at radius 2 is 1.89 bits per heavy atom. The molecule has 2 amide bonds. The van der Waals surface area contributed by atoms with Gasteiger partial charge in [-0.2, -0.15) is 0 Å². The van der Waals surface area contributed by atoms with Crippen molar-refractivity contribution in [2.24, 2.45) is 5.73 Å². The summed E-state index contributed by atoms with van der Waals surface area (Å²) in [7, 11) is 1.73. The van der Waals surface area contributed by atoms with E-state index in [0.717, 1.165) is 38.3 Å². The molecule has 2 heterocycles. The number of rotatable bonds is 9. The maximum Gasteiger partial charge on any atom is 0.317 e. The van der Waals surface area contributed by atoms with Gasteiger partial charge in [0.05, 0.1) is 23.5 Å². The number of ether oxygens (including phenoxy) is 2. The number of aliphatic hydroxyl groups is 1. The van der Waals surface area contributed by atoms with E-state index < -0.39 is 11.6 Å². The minimum atomic E-state index is -0.986. The third-order valence-corrected chi connectivity index (χ3v) is 6.11. The highest BCUT2D eigenvalue weighted by atomic mass is 19.1. The molecule has 2 aromatic carbocycles. The zero-order valence-corrected chi connectivity index (χ0v) is 22.5. The first-order valence-electron chi connectivity index (χ1n) is 12.6. The van der Waals surface area contributed by atoms with Gasteiger partial charge in [0, 0.05) is 20.2 Å². The number of nitrogens with zero attached hydrogens (tertiary/aromatic N) is 3. The normalized spacial score (nSPS) is 15.6. The van der Waals surface area contributed by atoms with Crippen molar-refractivity contribution in [2.75, 3.05) is 45.3 Å². The number of methoxy groups -OCH3 is 1. The van der Waals surface area contributed by atoms with Gasteiger partial charge in [-0.15, -0.1) is 5.10 Å². The fourth-order valence-electron chi connectivity index (χ4n) is 4.14. The Kier molecular flexibility index (Phi) is 10.2. The number of nitrogens with one attached hydrogen (secondary N) is 1. The summed E-state index contributed by atoms with van der Waals surface area (Å²) in [6, 6.07) is 15.5. The Labute approximate surface area is 223 Å². The van der Waals surface area contributed by atoms with Gasteiger partial charge in [0.1, 0.15) is 18.2 Å². The minimum Gasteiger partial charge on any atom is -0.473 e. The summed E-state index contributed by atoms with van der Waals surface area (Å²) in [4.78, 5) is 13.6. The Hall–Kier alpha value is -3.47. The summed E-state index contributed by atoms with van der Waals surface area (Å²) in [6.07, 6.45) is 1.16. The molecular weight excluding hydrogens is 489 g/mol. The summed E-state index contributed by atoms with van der Waals surface area (Å²) in [5.74, 6) is 1.16. The number of likely N-dealkylation sites (tertiary alicyclic amines) is 1. The number of primary amides is 1. The predicted octanol–water partition coefficient (Wildman–Crippen LogP) is 4.08. The average Bonchev–Trinajstić information content (AvgIpc) is 3.47. The number of para-hydroxylation sites is 1. The fourth-order valence-corrected chi connectivity index (χ4v) is 4.14. The molecule has 3 aromatic rings. The number of carbonyl (C=O) groups excluding carboxylic acids is 1. The Morgan fingerprint density at radius 1 is 1.21 bits per heavy atom. The van der Waals surface area contributed by atoms with Crippen LogP contribution in [0.2, 0.25) is 0 Å². The molecule has 1 unspecified atom stereocenters. The molecular formula is C28H38FN5O4. The molecule has 0 spiro atoms. The molecule has 206 valence electrons. The standard InChI is InChI=1S/C15H20N4O3.C13H18FNO/c1-10-12(17-14(16)20)19(11-7-5-4-6-8-11)18-13(10)22-9-15(2,3)21;1-16-9-8-15-7-6-12(10-15)11-2-4-13(14)5-3-11/h4-8,21H,9H2,1-3H3,(H3,16,17,20);2-5,12H,6-10H2,1H3. The van der Waals surface area contributed by atoms with E-state index in [1.165, 1.54) is 5.56 Å². The highest BCUT2D eigenvalue weighted by molar-refractivity contribution is 5.88. The van der Waals surface area contributed by atoms with E-state index in [0.29, 0.717) is 23.2 Å². The van der Waals surface area contributed by atoms with Crippen molar-refractivity contribution >= 4 is 11.8 Å². The molecule has 4 N–H and O–H groups in total. The lowest BCUT2D eigenvalue weighted by Crippen LogP contribution is -2.28. The average molecular weight is 528 g/mol. The first-order chi connectivity index (χ1) is 18.1. The summed E-state index contributed by atoms with van der Waals surface area (Å²) >= 11 is 0. The van der Waals surface area contributed by atoms with E-state index in [-0.39, 0.29) is 12.4 Å². The minimum absolute atomic E-state index is 0.0790. The molecule has 0 aliphatic carbocycles. The lowest BCUT2D eigenvalue weighted by atomic mass is 9.99. The van der Waals surface area contributed by atoms with Crippen molar-refractivity contribution in [1.29, 1.82) is 0 Å². The monoisotopic (exact) mass is 527 g/mol. The smallest absolute Gasteiger partial charge is 0.317 e. The number of carbonyl (C=O) groups is 1. The number of hydrogen-bond acceptors (Lipinski definition) is 6. The molecule has 1 atom stereocenters. The van der Waals surface area contributed by atoms with Crippen LogP contribution in [-0.4, -0.2) is 71.4 Å². The van der Waals surface area contributed by atoms with Crippen LogP contribution in [0.25, 0.3) is 5.69 Å². The molecule has 1 fully saturated rings. The molecule has 1 saturated heterocycles. The van der Waals surface area contributed by atoms with Gasteiger partial charge in [-0.3, -0.25) is 5.32 Å². The van der Waals surface area contributed by atoms with Crippen molar-refractivity contribution in [2.45, 2.75) is 38.7 Å². The molecule has 4 rings (SSSR count). The number of benzene rings is 2. The molecule has 0 saturated carbocycles. The summed E-state index contributed by atoms with van der Waals surface area (Å²) in [6.45, 7) is 9.08. The molecule has 38 heavy (non-hydrogen) atoms. The van der Waals surface area contributed by atoms with Gasteiger partial charge in [-0.1, -0.05) is 30.3 Å². The second kappa shape index (κ2) is 13.4. The fraction of sp³-hybridized carbons (Fsp3) is 0.429. The van der Waals surface area contributed by atoms with Gasteiger partial charge >= 0.3 is 6.03 Å². The topological polar surface area (TPSA) is 115 Å². The van der Waals surface area contributed by atoms with Crippen molar-refractivity contribution < 1.29 is 23.8 Å². The van der Waals surface area contributed by atoms with Crippen LogP contribution in [0.15, 0.2) is 54.6 Å². The Balaban J connectivity index is 0.000000221. The molecule has 0 radical (unpaired) electrons. The molecule has 10 heteroatoms. The number of nitrogens with two attached hydrogens (primary N) is 1. The molecule has 0 bridgehead atoms. The number of amides is 2. The Bertz CT molecular complexity index is 1160. The van der Waals surface area contributed by atoms with E-state index in [9.17, 15) is 14.3 Å². The molecule has 1 aliphatic rings. The lowest BCUT2D eigenvalue weighted by molar-refractivity contribution is 0.0265. The van der Waals surface area contributed by atoms with Gasteiger partial charge < -0.3 is 25.2 Å². The Morgan fingerprint density at radius 3 is 2.50 bits per heavy atom. The van der Waals surface area contributed by atoms with Gasteiger partial charge in [0.25, 0.3) is 0 Å². The van der Waals surface area contributed by atoms with E-state index in [1.54, 1.807) is 44.7 Å². The van der Waals surface area contributed by atoms with Crippen LogP contribution in [0, 0.1) is 12.7 Å². The van der Waals surface area contributed by atoms with Crippen LogP contribution in [0.3, 0.4) is 0 Å². The van der Waals surface area contributed by atoms with E-state index in [4.69, 9.17) is 15.2 Å². The SMILES string of the molecule is COCCN1CCC(c2ccc(F)cc2)C1.Cc1c(OCC(C)(C)O)nn(-c2ccccc2)c1NC(N)=O. The van der Waals surface area contributed by atoms with Crippen molar-refractivity contribution in [3.8, 4) is 11.6 Å². The first kappa shape index (κ1) is 29.1. The van der Waals surface area contributed by atoms with E-state index in [1.807, 2.05) is 42.5 Å². The van der Waals surface area contributed by atoms with Crippen molar-refractivity contribution in [3.05, 3.63) is 71.5 Å². The number of urea groups is 1. The summed E-state index contributed by atoms with van der Waals surface area (Å²) in [5, 5.41) is 16.7. The van der Waals surface area contributed by atoms with Crippen LogP contribution < -0.4 is 15.8 Å². The van der Waals surface area contributed by atoms with Crippen molar-refractivity contribution in [1.82, 2.24) is 14.7 Å². The van der Waals surface area contributed by atoms with Crippen LogP contribution >= 0.6 is 0 Å². The van der Waals surface area contributed by atoms with Crippen LogP contribution in [0.1, 0.15) is 37.3 Å². The molecule has 1 aromatic heterocycles. The van der Waals surface area contributed by atoms with Crippen LogP contribution in [0.5, 0.6) is 5.88 Å². The highest BCUT2D eigenvalue weighted by Crippen LogP contribution is 2.29. The van der Waals surface area contributed by atoms with Crippen LogP contribution in [-0.2, 0) is 4.74 Å². The number of hydrogen-bond donors (Lipinski definition) is 3. The zero-order valence-electron chi connectivity index (χ0n) is 22.5. The second-order valence-corrected chi connectivity index (χ2v) is 9.95. The number of anilines is 1. The third kappa shape index (κ3) is 8.54. The predicted molar refractivity (Wildman–Crippen MR) is 145 cm³/mol. The second-order valence-electron chi connectivity index (χ2n) is 9.95. The molecule has 1 aliphatic heterocycles. The van der Waals surface area contributed by atoms with Gasteiger partial charge in [0.15, 0.2) is 0 Å². The van der Waals surface area contributed by atoms with Crippen molar-refractivity contribution in [3.63, 3.8) is 0 Å². The van der Waals surface area contributed by atoms with Gasteiger partial charge in [-0.05, 0) is 69.5 Å². The van der Waals surface area contributed by atoms with E-state index in [2.05, 4.69) is 15.3 Å².